The molecule has 8 heteroatoms. The summed E-state index contributed by atoms with van der Waals surface area (Å²) in [5.74, 6) is 3.16. The summed E-state index contributed by atoms with van der Waals surface area (Å²) < 4.78 is 2.29. The first-order chi connectivity index (χ1) is 11.8. The van der Waals surface area contributed by atoms with Crippen LogP contribution in [0.1, 0.15) is 69.1 Å². The smallest absolute Gasteiger partial charge is 0.223 e. The molecule has 0 spiro atoms. The normalized spacial score (nSPS) is 25.2. The molecular formula is C18H31Cl2N5O. The van der Waals surface area contributed by atoms with Gasteiger partial charge >= 0.3 is 0 Å². The lowest BCUT2D eigenvalue weighted by Crippen LogP contribution is -2.40. The van der Waals surface area contributed by atoms with Crippen molar-refractivity contribution in [1.82, 2.24) is 25.0 Å². The fourth-order valence-electron chi connectivity index (χ4n) is 4.51. The van der Waals surface area contributed by atoms with Crippen molar-refractivity contribution in [3.8, 4) is 0 Å². The van der Waals surface area contributed by atoms with Crippen LogP contribution < -0.4 is 5.32 Å². The van der Waals surface area contributed by atoms with E-state index in [-0.39, 0.29) is 30.9 Å². The van der Waals surface area contributed by atoms with Gasteiger partial charge in [-0.1, -0.05) is 0 Å². The number of carbonyl (C=O) groups is 1. The lowest BCUT2D eigenvalue weighted by molar-refractivity contribution is -0.135. The maximum atomic E-state index is 12.9. The lowest BCUT2D eigenvalue weighted by atomic mass is 9.98. The van der Waals surface area contributed by atoms with E-state index in [4.69, 9.17) is 0 Å². The van der Waals surface area contributed by atoms with E-state index in [2.05, 4.69) is 25.0 Å². The van der Waals surface area contributed by atoms with Crippen LogP contribution >= 0.6 is 24.8 Å². The minimum atomic E-state index is 0. The number of halogens is 2. The van der Waals surface area contributed by atoms with Gasteiger partial charge in [-0.3, -0.25) is 4.79 Å². The Bertz CT molecular complexity index is 588. The Morgan fingerprint density at radius 3 is 2.73 bits per heavy atom. The van der Waals surface area contributed by atoms with Crippen LogP contribution in [0.25, 0.3) is 0 Å². The molecule has 4 rings (SSSR count). The molecular weight excluding hydrogens is 373 g/mol. The summed E-state index contributed by atoms with van der Waals surface area (Å²) in [5, 5.41) is 12.3. The average Bonchev–Trinajstić information content (AvgIpc) is 3.29. The van der Waals surface area contributed by atoms with Gasteiger partial charge in [0.2, 0.25) is 5.91 Å². The van der Waals surface area contributed by atoms with E-state index in [1.54, 1.807) is 0 Å². The van der Waals surface area contributed by atoms with E-state index in [9.17, 15) is 4.79 Å². The standard InChI is InChI=1S/C18H29N5O.2ClH/c24-17(8-7-14-9-10-19-13-14)22-11-3-1-5-15(22)18-21-20-16-6-2-4-12-23(16)18;;/h14-15,19H,1-13H2;2*1H. The van der Waals surface area contributed by atoms with Crippen LogP contribution in [-0.4, -0.2) is 45.2 Å². The number of carbonyl (C=O) groups excluding carboxylic acids is 1. The van der Waals surface area contributed by atoms with Gasteiger partial charge in [0.1, 0.15) is 5.82 Å². The summed E-state index contributed by atoms with van der Waals surface area (Å²) >= 11 is 0. The molecule has 0 aromatic carbocycles. The molecule has 1 N–H and O–H groups in total. The molecule has 0 saturated carbocycles. The molecule has 0 bridgehead atoms. The van der Waals surface area contributed by atoms with Gasteiger partial charge in [0, 0.05) is 25.9 Å². The second kappa shape index (κ2) is 9.90. The van der Waals surface area contributed by atoms with E-state index in [1.807, 2.05) is 0 Å². The minimum absolute atomic E-state index is 0. The predicted molar refractivity (Wildman–Crippen MR) is 106 cm³/mol. The third-order valence-corrected chi connectivity index (χ3v) is 5.94. The molecule has 3 aliphatic heterocycles. The van der Waals surface area contributed by atoms with Crippen LogP contribution in [-0.2, 0) is 17.8 Å². The highest BCUT2D eigenvalue weighted by Crippen LogP contribution is 2.32. The van der Waals surface area contributed by atoms with Gasteiger partial charge in [-0.2, -0.15) is 0 Å². The van der Waals surface area contributed by atoms with Crippen LogP contribution in [0.5, 0.6) is 0 Å². The summed E-state index contributed by atoms with van der Waals surface area (Å²) in [5.41, 5.74) is 0. The third kappa shape index (κ3) is 4.52. The zero-order valence-corrected chi connectivity index (χ0v) is 17.0. The predicted octanol–water partition coefficient (Wildman–Crippen LogP) is 2.90. The number of fused-ring (bicyclic) bond motifs is 1. The van der Waals surface area contributed by atoms with Gasteiger partial charge < -0.3 is 14.8 Å². The van der Waals surface area contributed by atoms with Crippen molar-refractivity contribution < 1.29 is 4.79 Å². The summed E-state index contributed by atoms with van der Waals surface area (Å²) in [6, 6.07) is 0.146. The van der Waals surface area contributed by atoms with Gasteiger partial charge in [-0.05, 0) is 64.0 Å². The number of hydrogen-bond acceptors (Lipinski definition) is 4. The summed E-state index contributed by atoms with van der Waals surface area (Å²) in [7, 11) is 0. The highest BCUT2D eigenvalue weighted by Gasteiger charge is 2.33. The average molecular weight is 404 g/mol. The molecule has 0 radical (unpaired) electrons. The Kier molecular flexibility index (Phi) is 8.17. The van der Waals surface area contributed by atoms with Gasteiger partial charge in [0.25, 0.3) is 0 Å². The van der Waals surface area contributed by atoms with Crippen LogP contribution in [0.4, 0.5) is 0 Å². The molecule has 1 aromatic rings. The van der Waals surface area contributed by atoms with E-state index in [0.717, 1.165) is 63.5 Å². The zero-order chi connectivity index (χ0) is 16.4. The second-order valence-corrected chi connectivity index (χ2v) is 7.58. The first-order valence-electron chi connectivity index (χ1n) is 9.75. The molecule has 2 unspecified atom stereocenters. The van der Waals surface area contributed by atoms with Crippen molar-refractivity contribution in [1.29, 1.82) is 0 Å². The maximum Gasteiger partial charge on any atom is 0.223 e. The van der Waals surface area contributed by atoms with E-state index >= 15 is 0 Å². The van der Waals surface area contributed by atoms with E-state index in [1.165, 1.54) is 25.7 Å². The number of aryl methyl sites for hydroxylation is 1. The van der Waals surface area contributed by atoms with Gasteiger partial charge in [0.05, 0.1) is 6.04 Å². The molecule has 3 aliphatic rings. The van der Waals surface area contributed by atoms with Crippen molar-refractivity contribution >= 4 is 30.7 Å². The largest absolute Gasteiger partial charge is 0.332 e. The Labute approximate surface area is 168 Å². The van der Waals surface area contributed by atoms with Gasteiger partial charge in [0.15, 0.2) is 5.82 Å². The van der Waals surface area contributed by atoms with Crippen molar-refractivity contribution in [3.05, 3.63) is 11.6 Å². The fourth-order valence-corrected chi connectivity index (χ4v) is 4.51. The fraction of sp³-hybridized carbons (Fsp3) is 0.833. The zero-order valence-electron chi connectivity index (χ0n) is 15.4. The van der Waals surface area contributed by atoms with Crippen LogP contribution in [0.2, 0.25) is 0 Å². The van der Waals surface area contributed by atoms with E-state index < -0.39 is 0 Å². The molecule has 148 valence electrons. The Balaban J connectivity index is 0.00000121. The summed E-state index contributed by atoms with van der Waals surface area (Å²) in [4.78, 5) is 15.0. The van der Waals surface area contributed by atoms with Gasteiger partial charge in [-0.15, -0.1) is 35.0 Å². The number of nitrogens with zero attached hydrogens (tertiary/aromatic N) is 4. The highest BCUT2D eigenvalue weighted by atomic mass is 35.5. The van der Waals surface area contributed by atoms with Crippen LogP contribution in [0, 0.1) is 5.92 Å². The number of amides is 1. The lowest BCUT2D eigenvalue weighted by Gasteiger charge is -2.36. The SMILES string of the molecule is Cl.Cl.O=C(CCC1CCNC1)N1CCCCC1c1nnc2n1CCCC2. The minimum Gasteiger partial charge on any atom is -0.332 e. The second-order valence-electron chi connectivity index (χ2n) is 7.58. The molecule has 2 atom stereocenters. The molecule has 4 heterocycles. The Hall–Kier alpha value is -0.850. The summed E-state index contributed by atoms with van der Waals surface area (Å²) in [6.07, 6.45) is 9.70. The van der Waals surface area contributed by atoms with Crippen molar-refractivity contribution in [2.75, 3.05) is 19.6 Å². The van der Waals surface area contributed by atoms with Crippen LogP contribution in [0.15, 0.2) is 0 Å². The molecule has 0 aliphatic carbocycles. The maximum absolute atomic E-state index is 12.9. The number of piperidine rings is 1. The number of aromatic nitrogens is 3. The Morgan fingerprint density at radius 2 is 1.92 bits per heavy atom. The van der Waals surface area contributed by atoms with Crippen LogP contribution in [0.3, 0.4) is 0 Å². The molecule has 1 aromatic heterocycles. The third-order valence-electron chi connectivity index (χ3n) is 5.94. The molecule has 2 saturated heterocycles. The highest BCUT2D eigenvalue weighted by molar-refractivity contribution is 5.85. The molecule has 26 heavy (non-hydrogen) atoms. The topological polar surface area (TPSA) is 63.1 Å². The monoisotopic (exact) mass is 403 g/mol. The number of rotatable bonds is 4. The van der Waals surface area contributed by atoms with Crippen molar-refractivity contribution in [2.45, 2.75) is 70.4 Å². The van der Waals surface area contributed by atoms with Gasteiger partial charge in [-0.25, -0.2) is 0 Å². The van der Waals surface area contributed by atoms with Crippen molar-refractivity contribution in [3.63, 3.8) is 0 Å². The first-order valence-corrected chi connectivity index (χ1v) is 9.75. The molecule has 1 amide bonds. The van der Waals surface area contributed by atoms with E-state index in [0.29, 0.717) is 18.2 Å². The number of nitrogens with one attached hydrogen (secondary N) is 1. The molecule has 2 fully saturated rings. The quantitative estimate of drug-likeness (QED) is 0.838. The first kappa shape index (κ1) is 21.5. The molecule has 6 nitrogen and oxygen atoms in total. The number of hydrogen-bond donors (Lipinski definition) is 1. The number of likely N-dealkylation sites (tertiary alicyclic amines) is 1. The summed E-state index contributed by atoms with van der Waals surface area (Å²) in [6.45, 7) is 4.09. The van der Waals surface area contributed by atoms with Crippen molar-refractivity contribution in [2.24, 2.45) is 5.92 Å². The Morgan fingerprint density at radius 1 is 1.08 bits per heavy atom.